The number of hydrogen-bond acceptors (Lipinski definition) is 6. The van der Waals surface area contributed by atoms with E-state index in [0.717, 1.165) is 22.5 Å². The fraction of sp³-hybridized carbons (Fsp3) is 0.556. The van der Waals surface area contributed by atoms with Gasteiger partial charge in [0.05, 0.1) is 18.8 Å². The molecule has 0 bridgehead atoms. The number of hydrogen-bond donors (Lipinski definition) is 2. The molecule has 2 amide bonds. The fourth-order valence-electron chi connectivity index (χ4n) is 4.90. The summed E-state index contributed by atoms with van der Waals surface area (Å²) in [6, 6.07) is 8.92. The highest BCUT2D eigenvalue weighted by Gasteiger charge is 2.41. The predicted molar refractivity (Wildman–Crippen MR) is 136 cm³/mol. The Bertz CT molecular complexity index is 1170. The number of carbonyl (C=O) groups is 1. The first-order valence-electron chi connectivity index (χ1n) is 13.0. The van der Waals surface area contributed by atoms with E-state index >= 15 is 0 Å². The highest BCUT2D eigenvalue weighted by atomic mass is 19.4. The van der Waals surface area contributed by atoms with Gasteiger partial charge in [0.15, 0.2) is 0 Å². The summed E-state index contributed by atoms with van der Waals surface area (Å²) in [5.74, 6) is 0.577. The molecule has 0 spiro atoms. The van der Waals surface area contributed by atoms with Crippen LogP contribution in [0.4, 0.5) is 29.5 Å². The molecule has 2 saturated heterocycles. The molecule has 1 aromatic carbocycles. The maximum Gasteiger partial charge on any atom is 0.389 e. The number of carbonyl (C=O) groups excluding carboxylic acids is 1. The van der Waals surface area contributed by atoms with Crippen LogP contribution in [-0.4, -0.2) is 78.8 Å². The van der Waals surface area contributed by atoms with Gasteiger partial charge >= 0.3 is 12.2 Å². The molecular formula is C27H33F3N4O4. The number of amides is 2. The Morgan fingerprint density at radius 1 is 1.21 bits per heavy atom. The van der Waals surface area contributed by atoms with Gasteiger partial charge in [-0.1, -0.05) is 6.07 Å². The number of likely N-dealkylation sites (tertiary alicyclic amines) is 1. The van der Waals surface area contributed by atoms with Gasteiger partial charge in [0.1, 0.15) is 12.4 Å². The first-order valence-corrected chi connectivity index (χ1v) is 13.0. The van der Waals surface area contributed by atoms with Crippen molar-refractivity contribution in [3.63, 3.8) is 0 Å². The molecule has 1 atom stereocenters. The molecule has 2 aliphatic heterocycles. The Morgan fingerprint density at radius 3 is 2.68 bits per heavy atom. The first-order chi connectivity index (χ1) is 18.1. The lowest BCUT2D eigenvalue weighted by atomic mass is 10.0. The van der Waals surface area contributed by atoms with Gasteiger partial charge in [-0.2, -0.15) is 18.2 Å². The van der Waals surface area contributed by atoms with Crippen molar-refractivity contribution in [3.8, 4) is 17.0 Å². The zero-order chi connectivity index (χ0) is 26.9. The topological polar surface area (TPSA) is 87.2 Å². The van der Waals surface area contributed by atoms with E-state index in [2.05, 4.69) is 15.2 Å². The predicted octanol–water partition coefficient (Wildman–Crippen LogP) is 4.60. The summed E-state index contributed by atoms with van der Waals surface area (Å²) in [5.41, 5.74) is 2.45. The Balaban J connectivity index is 1.35. The van der Waals surface area contributed by atoms with Crippen molar-refractivity contribution in [1.82, 2.24) is 9.88 Å². The van der Waals surface area contributed by atoms with E-state index in [1.54, 1.807) is 6.07 Å². The minimum absolute atomic E-state index is 0.0877. The monoisotopic (exact) mass is 534 g/mol. The van der Waals surface area contributed by atoms with Crippen molar-refractivity contribution in [2.75, 3.05) is 56.2 Å². The molecular weight excluding hydrogens is 501 g/mol. The molecule has 3 fully saturated rings. The standard InChI is InChI=1S/C27H33F3N4O4/c1-18-2-3-21(31-25(35)34-7-4-19(16-34)15-27(28,29)30)14-22(18)20-12-23(33-8-10-37-11-9-33)32-24(13-20)38-17-26(36)5-6-26/h2-3,12-14,19,36H,4-11,15-17H2,1H3,(H,31,35)/t19-/m0/s1. The molecule has 2 N–H and O–H groups in total. The number of anilines is 2. The lowest BCUT2D eigenvalue weighted by molar-refractivity contribution is -0.143. The number of aryl methyl sites for hydroxylation is 1. The highest BCUT2D eigenvalue weighted by molar-refractivity contribution is 5.90. The molecule has 1 aliphatic carbocycles. The third-order valence-corrected chi connectivity index (χ3v) is 7.33. The normalized spacial score (nSPS) is 20.9. The van der Waals surface area contributed by atoms with Crippen molar-refractivity contribution in [2.45, 2.75) is 44.4 Å². The number of urea groups is 1. The summed E-state index contributed by atoms with van der Waals surface area (Å²) in [6.45, 7) is 5.11. The third-order valence-electron chi connectivity index (χ3n) is 7.33. The zero-order valence-electron chi connectivity index (χ0n) is 21.4. The Labute approximate surface area is 219 Å². The van der Waals surface area contributed by atoms with Gasteiger partial charge < -0.3 is 29.7 Å². The minimum Gasteiger partial charge on any atom is -0.475 e. The molecule has 0 unspecified atom stereocenters. The van der Waals surface area contributed by atoms with E-state index in [-0.39, 0.29) is 13.2 Å². The number of halogens is 3. The van der Waals surface area contributed by atoms with Crippen LogP contribution in [0, 0.1) is 12.8 Å². The summed E-state index contributed by atoms with van der Waals surface area (Å²) in [7, 11) is 0. The second-order valence-corrected chi connectivity index (χ2v) is 10.5. The van der Waals surface area contributed by atoms with Gasteiger partial charge in [-0.25, -0.2) is 4.79 Å². The van der Waals surface area contributed by atoms with Crippen LogP contribution >= 0.6 is 0 Å². The number of benzene rings is 1. The first kappa shape index (κ1) is 26.6. The van der Waals surface area contributed by atoms with Crippen molar-refractivity contribution >= 4 is 17.5 Å². The van der Waals surface area contributed by atoms with Gasteiger partial charge in [-0.05, 0) is 67.0 Å². The molecule has 1 aromatic heterocycles. The number of aliphatic hydroxyl groups is 1. The lowest BCUT2D eigenvalue weighted by Crippen LogP contribution is -2.36. The number of rotatable bonds is 7. The van der Waals surface area contributed by atoms with Crippen LogP contribution in [0.2, 0.25) is 0 Å². The average Bonchev–Trinajstić information content (AvgIpc) is 3.45. The molecule has 206 valence electrons. The number of nitrogens with zero attached hydrogens (tertiary/aromatic N) is 3. The molecule has 38 heavy (non-hydrogen) atoms. The summed E-state index contributed by atoms with van der Waals surface area (Å²) >= 11 is 0. The van der Waals surface area contributed by atoms with Crippen molar-refractivity contribution in [3.05, 3.63) is 35.9 Å². The maximum atomic E-state index is 12.8. The molecule has 1 saturated carbocycles. The summed E-state index contributed by atoms with van der Waals surface area (Å²) < 4.78 is 49.6. The number of alkyl halides is 3. The van der Waals surface area contributed by atoms with Crippen LogP contribution < -0.4 is 15.0 Å². The molecule has 5 rings (SSSR count). The largest absolute Gasteiger partial charge is 0.475 e. The van der Waals surface area contributed by atoms with Crippen LogP contribution in [0.3, 0.4) is 0 Å². The summed E-state index contributed by atoms with van der Waals surface area (Å²) in [5, 5.41) is 13.1. The van der Waals surface area contributed by atoms with Crippen LogP contribution in [-0.2, 0) is 4.74 Å². The van der Waals surface area contributed by atoms with Crippen molar-refractivity contribution in [1.29, 1.82) is 0 Å². The summed E-state index contributed by atoms with van der Waals surface area (Å²) in [4.78, 5) is 21.1. The number of morpholine rings is 1. The Hall–Kier alpha value is -3.05. The smallest absolute Gasteiger partial charge is 0.389 e. The highest BCUT2D eigenvalue weighted by Crippen LogP contribution is 2.37. The Morgan fingerprint density at radius 2 is 1.97 bits per heavy atom. The molecule has 3 aliphatic rings. The zero-order valence-corrected chi connectivity index (χ0v) is 21.4. The van der Waals surface area contributed by atoms with Gasteiger partial charge in [0.25, 0.3) is 0 Å². The molecule has 2 aromatic rings. The number of nitrogens with one attached hydrogen (secondary N) is 1. The average molecular weight is 535 g/mol. The van der Waals surface area contributed by atoms with Gasteiger partial charge in [0.2, 0.25) is 5.88 Å². The second-order valence-electron chi connectivity index (χ2n) is 10.5. The van der Waals surface area contributed by atoms with Gasteiger partial charge in [-0.15, -0.1) is 0 Å². The molecule has 11 heteroatoms. The fourth-order valence-corrected chi connectivity index (χ4v) is 4.90. The quantitative estimate of drug-likeness (QED) is 0.540. The molecule has 3 heterocycles. The lowest BCUT2D eigenvalue weighted by Gasteiger charge is -2.28. The Kier molecular flexibility index (Phi) is 7.41. The summed E-state index contributed by atoms with van der Waals surface area (Å²) in [6.07, 6.45) is -3.35. The number of pyridine rings is 1. The second kappa shape index (κ2) is 10.6. The number of aromatic nitrogens is 1. The van der Waals surface area contributed by atoms with Gasteiger partial charge in [-0.3, -0.25) is 0 Å². The van der Waals surface area contributed by atoms with E-state index in [9.17, 15) is 23.1 Å². The van der Waals surface area contributed by atoms with Gasteiger partial charge in [0, 0.05) is 44.4 Å². The van der Waals surface area contributed by atoms with Crippen LogP contribution in [0.5, 0.6) is 5.88 Å². The molecule has 0 radical (unpaired) electrons. The SMILES string of the molecule is Cc1ccc(NC(=O)N2CC[C@@H](CC(F)(F)F)C2)cc1-c1cc(OCC2(O)CC2)nc(N2CCOCC2)c1. The maximum absolute atomic E-state index is 12.8. The minimum atomic E-state index is -4.23. The van der Waals surface area contributed by atoms with E-state index < -0.39 is 30.1 Å². The van der Waals surface area contributed by atoms with E-state index in [4.69, 9.17) is 9.47 Å². The van der Waals surface area contributed by atoms with Crippen LogP contribution in [0.25, 0.3) is 11.1 Å². The third kappa shape index (κ3) is 6.68. The molecule has 8 nitrogen and oxygen atoms in total. The van der Waals surface area contributed by atoms with E-state index in [1.807, 2.05) is 31.2 Å². The number of ether oxygens (including phenoxy) is 2. The van der Waals surface area contributed by atoms with Crippen LogP contribution in [0.1, 0.15) is 31.2 Å². The van der Waals surface area contributed by atoms with Crippen molar-refractivity contribution in [2.24, 2.45) is 5.92 Å². The van der Waals surface area contributed by atoms with E-state index in [1.165, 1.54) is 4.90 Å². The van der Waals surface area contributed by atoms with Crippen LogP contribution in [0.15, 0.2) is 30.3 Å². The van der Waals surface area contributed by atoms with Crippen molar-refractivity contribution < 1.29 is 32.5 Å². The van der Waals surface area contributed by atoms with E-state index in [0.29, 0.717) is 63.7 Å².